The van der Waals surface area contributed by atoms with E-state index in [-0.39, 0.29) is 0 Å². The minimum atomic E-state index is 0.381. The van der Waals surface area contributed by atoms with Crippen LogP contribution in [0.25, 0.3) is 0 Å². The lowest BCUT2D eigenvalue weighted by molar-refractivity contribution is -0.160. The molecule has 0 amide bonds. The predicted molar refractivity (Wildman–Crippen MR) is 53.6 cm³/mol. The molecular weight excluding hydrogens is 192 g/mol. The van der Waals surface area contributed by atoms with Crippen molar-refractivity contribution in [3.8, 4) is 5.75 Å². The summed E-state index contributed by atoms with van der Waals surface area (Å²) in [6.45, 7) is 1.68. The SMILES string of the molecule is c1cc(OCC23CCOC(C2)C3)cnn1. The zero-order chi connectivity index (χ0) is 10.1. The van der Waals surface area contributed by atoms with Gasteiger partial charge in [0.2, 0.25) is 0 Å². The lowest BCUT2D eigenvalue weighted by atomic mass is 9.63. The lowest BCUT2D eigenvalue weighted by Gasteiger charge is -2.51. The summed E-state index contributed by atoms with van der Waals surface area (Å²) in [7, 11) is 0. The van der Waals surface area contributed by atoms with Crippen LogP contribution in [0.3, 0.4) is 0 Å². The summed E-state index contributed by atoms with van der Waals surface area (Å²) in [4.78, 5) is 0. The van der Waals surface area contributed by atoms with Crippen LogP contribution in [-0.2, 0) is 4.74 Å². The first kappa shape index (κ1) is 9.09. The molecule has 0 N–H and O–H groups in total. The minimum absolute atomic E-state index is 0.381. The highest BCUT2D eigenvalue weighted by Crippen LogP contribution is 2.49. The molecule has 2 bridgehead atoms. The van der Waals surface area contributed by atoms with E-state index >= 15 is 0 Å². The van der Waals surface area contributed by atoms with E-state index in [1.165, 1.54) is 0 Å². The number of hydrogen-bond donors (Lipinski definition) is 0. The van der Waals surface area contributed by atoms with Gasteiger partial charge in [0.1, 0.15) is 5.75 Å². The zero-order valence-electron chi connectivity index (χ0n) is 8.56. The van der Waals surface area contributed by atoms with Crippen LogP contribution in [0, 0.1) is 5.41 Å². The van der Waals surface area contributed by atoms with Gasteiger partial charge in [-0.3, -0.25) is 0 Å². The van der Waals surface area contributed by atoms with E-state index in [1.807, 2.05) is 6.07 Å². The monoisotopic (exact) mass is 206 g/mol. The quantitative estimate of drug-likeness (QED) is 0.750. The van der Waals surface area contributed by atoms with Crippen molar-refractivity contribution in [2.45, 2.75) is 25.4 Å². The molecule has 3 aliphatic rings. The molecule has 4 rings (SSSR count). The normalized spacial score (nSPS) is 33.2. The van der Waals surface area contributed by atoms with E-state index in [2.05, 4.69) is 10.2 Å². The highest BCUT2D eigenvalue weighted by Gasteiger charge is 2.48. The number of nitrogens with zero attached hydrogens (tertiary/aromatic N) is 2. The van der Waals surface area contributed by atoms with Crippen LogP contribution < -0.4 is 4.74 Å². The number of rotatable bonds is 3. The molecule has 2 saturated heterocycles. The van der Waals surface area contributed by atoms with Crippen molar-refractivity contribution in [2.24, 2.45) is 5.41 Å². The van der Waals surface area contributed by atoms with E-state index in [4.69, 9.17) is 9.47 Å². The molecule has 80 valence electrons. The van der Waals surface area contributed by atoms with Gasteiger partial charge in [0.05, 0.1) is 25.1 Å². The first-order valence-corrected chi connectivity index (χ1v) is 5.37. The first-order valence-electron chi connectivity index (χ1n) is 5.37. The van der Waals surface area contributed by atoms with Gasteiger partial charge in [0.25, 0.3) is 0 Å². The summed E-state index contributed by atoms with van der Waals surface area (Å²) in [5, 5.41) is 7.50. The van der Waals surface area contributed by atoms with Crippen LogP contribution in [0.2, 0.25) is 0 Å². The number of ether oxygens (including phenoxy) is 2. The molecule has 3 heterocycles. The molecule has 1 saturated carbocycles. The molecule has 0 unspecified atom stereocenters. The maximum Gasteiger partial charge on any atom is 0.141 e. The highest BCUT2D eigenvalue weighted by molar-refractivity contribution is 5.13. The second kappa shape index (κ2) is 3.45. The Morgan fingerprint density at radius 1 is 1.47 bits per heavy atom. The third kappa shape index (κ3) is 1.69. The summed E-state index contributed by atoms with van der Waals surface area (Å²) < 4.78 is 11.3. The van der Waals surface area contributed by atoms with Crippen LogP contribution in [0.5, 0.6) is 5.75 Å². The third-order valence-electron chi connectivity index (χ3n) is 3.41. The first-order chi connectivity index (χ1) is 7.36. The lowest BCUT2D eigenvalue weighted by Crippen LogP contribution is -2.51. The Labute approximate surface area is 88.6 Å². The molecule has 1 aromatic rings. The van der Waals surface area contributed by atoms with Gasteiger partial charge in [-0.15, -0.1) is 0 Å². The topological polar surface area (TPSA) is 44.2 Å². The van der Waals surface area contributed by atoms with Crippen LogP contribution in [0.4, 0.5) is 0 Å². The van der Waals surface area contributed by atoms with E-state index in [1.54, 1.807) is 12.4 Å². The van der Waals surface area contributed by atoms with Gasteiger partial charge in [-0.05, 0) is 19.3 Å². The van der Waals surface area contributed by atoms with E-state index in [9.17, 15) is 0 Å². The van der Waals surface area contributed by atoms with E-state index < -0.39 is 0 Å². The summed E-state index contributed by atoms with van der Waals surface area (Å²) in [6.07, 6.45) is 7.25. The fourth-order valence-electron chi connectivity index (χ4n) is 2.46. The predicted octanol–water partition coefficient (Wildman–Crippen LogP) is 1.42. The average molecular weight is 206 g/mol. The van der Waals surface area contributed by atoms with E-state index in [0.29, 0.717) is 11.5 Å². The molecule has 4 nitrogen and oxygen atoms in total. The van der Waals surface area contributed by atoms with E-state index in [0.717, 1.165) is 38.2 Å². The van der Waals surface area contributed by atoms with Crippen molar-refractivity contribution in [2.75, 3.05) is 13.2 Å². The van der Waals surface area contributed by atoms with Gasteiger partial charge in [0, 0.05) is 18.1 Å². The number of aromatic nitrogens is 2. The van der Waals surface area contributed by atoms with Crippen molar-refractivity contribution in [3.05, 3.63) is 18.5 Å². The van der Waals surface area contributed by atoms with Crippen LogP contribution >= 0.6 is 0 Å². The second-order valence-electron chi connectivity index (χ2n) is 4.52. The Morgan fingerprint density at radius 3 is 3.07 bits per heavy atom. The summed E-state index contributed by atoms with van der Waals surface area (Å²) in [5.41, 5.74) is 0.381. The van der Waals surface area contributed by atoms with Crippen molar-refractivity contribution in [3.63, 3.8) is 0 Å². The highest BCUT2D eigenvalue weighted by atomic mass is 16.5. The molecule has 2 aliphatic heterocycles. The third-order valence-corrected chi connectivity index (χ3v) is 3.41. The minimum Gasteiger partial charge on any atom is -0.491 e. The zero-order valence-corrected chi connectivity index (χ0v) is 8.56. The second-order valence-corrected chi connectivity index (χ2v) is 4.52. The fraction of sp³-hybridized carbons (Fsp3) is 0.636. The van der Waals surface area contributed by atoms with Gasteiger partial charge >= 0.3 is 0 Å². The molecular formula is C11H14N2O2. The standard InChI is InChI=1S/C11H14N2O2/c1-3-12-13-7-9(1)15-8-11-2-4-14-10(5-11)6-11/h1,3,7,10H,2,4-6,8H2. The smallest absolute Gasteiger partial charge is 0.141 e. The fourth-order valence-corrected chi connectivity index (χ4v) is 2.46. The molecule has 15 heavy (non-hydrogen) atoms. The van der Waals surface area contributed by atoms with Crippen molar-refractivity contribution >= 4 is 0 Å². The van der Waals surface area contributed by atoms with Gasteiger partial charge in [-0.25, -0.2) is 0 Å². The van der Waals surface area contributed by atoms with Crippen molar-refractivity contribution in [1.29, 1.82) is 0 Å². The Bertz CT molecular complexity index is 330. The Balaban J connectivity index is 1.58. The van der Waals surface area contributed by atoms with Crippen LogP contribution in [0.15, 0.2) is 18.5 Å². The molecule has 0 aromatic carbocycles. The summed E-state index contributed by atoms with van der Waals surface area (Å²) in [5.74, 6) is 0.814. The molecule has 0 spiro atoms. The molecule has 1 aromatic heterocycles. The largest absolute Gasteiger partial charge is 0.491 e. The van der Waals surface area contributed by atoms with Crippen LogP contribution in [-0.4, -0.2) is 29.5 Å². The van der Waals surface area contributed by atoms with Gasteiger partial charge in [-0.1, -0.05) is 0 Å². The van der Waals surface area contributed by atoms with Crippen molar-refractivity contribution in [1.82, 2.24) is 10.2 Å². The summed E-state index contributed by atoms with van der Waals surface area (Å²) in [6, 6.07) is 1.85. The molecule has 4 heteroatoms. The van der Waals surface area contributed by atoms with Gasteiger partial charge in [0.15, 0.2) is 0 Å². The average Bonchev–Trinajstić information content (AvgIpc) is 2.28. The number of hydrogen-bond acceptors (Lipinski definition) is 4. The molecule has 1 aliphatic carbocycles. The van der Waals surface area contributed by atoms with Crippen LogP contribution in [0.1, 0.15) is 19.3 Å². The molecule has 3 fully saturated rings. The Morgan fingerprint density at radius 2 is 2.40 bits per heavy atom. The van der Waals surface area contributed by atoms with Gasteiger partial charge in [-0.2, -0.15) is 10.2 Å². The maximum absolute atomic E-state index is 5.73. The Hall–Kier alpha value is -1.16. The maximum atomic E-state index is 5.73. The Kier molecular flexibility index (Phi) is 2.09. The molecule has 0 atom stereocenters. The van der Waals surface area contributed by atoms with Gasteiger partial charge < -0.3 is 9.47 Å². The molecule has 0 radical (unpaired) electrons. The van der Waals surface area contributed by atoms with Crippen molar-refractivity contribution < 1.29 is 9.47 Å². The number of fused-ring (bicyclic) bond motifs is 2. The summed E-state index contributed by atoms with van der Waals surface area (Å²) >= 11 is 0.